The van der Waals surface area contributed by atoms with Gasteiger partial charge in [0.25, 0.3) is 0 Å². The highest BCUT2D eigenvalue weighted by atomic mass is 32.2. The predicted molar refractivity (Wildman–Crippen MR) is 80.7 cm³/mol. The fraction of sp³-hybridized carbons (Fsp3) is 0.857. The maximum absolute atomic E-state index is 12.1. The lowest BCUT2D eigenvalue weighted by molar-refractivity contribution is -0.148. The second kappa shape index (κ2) is 6.44. The van der Waals surface area contributed by atoms with Crippen LogP contribution in [0.15, 0.2) is 0 Å². The van der Waals surface area contributed by atoms with E-state index >= 15 is 0 Å². The van der Waals surface area contributed by atoms with E-state index in [0.717, 1.165) is 6.26 Å². The lowest BCUT2D eigenvalue weighted by Gasteiger charge is -2.39. The van der Waals surface area contributed by atoms with Crippen molar-refractivity contribution < 1.29 is 26.9 Å². The van der Waals surface area contributed by atoms with Crippen molar-refractivity contribution in [1.29, 1.82) is 0 Å². The SMILES string of the molecule is CCC1(C(=O)OS(C)(=O)=O)CCN(C(=O)OC(C)(C)C)CC1. The quantitative estimate of drug-likeness (QED) is 0.732. The zero-order valence-corrected chi connectivity index (χ0v) is 14.7. The van der Waals surface area contributed by atoms with E-state index in [1.165, 1.54) is 4.90 Å². The Morgan fingerprint density at radius 2 is 1.68 bits per heavy atom. The fourth-order valence-electron chi connectivity index (χ4n) is 2.37. The maximum atomic E-state index is 12.1. The van der Waals surface area contributed by atoms with Gasteiger partial charge in [-0.15, -0.1) is 0 Å². The highest BCUT2D eigenvalue weighted by Gasteiger charge is 2.44. The molecular weight excluding hydrogens is 310 g/mol. The first kappa shape index (κ1) is 18.7. The zero-order valence-electron chi connectivity index (χ0n) is 13.8. The molecule has 1 fully saturated rings. The van der Waals surface area contributed by atoms with Gasteiger partial charge in [0.2, 0.25) is 0 Å². The molecule has 1 amide bonds. The van der Waals surface area contributed by atoms with Crippen LogP contribution in [0.3, 0.4) is 0 Å². The van der Waals surface area contributed by atoms with E-state index in [-0.39, 0.29) is 0 Å². The molecule has 0 spiro atoms. The molecule has 0 N–H and O–H groups in total. The smallest absolute Gasteiger partial charge is 0.410 e. The number of piperidine rings is 1. The van der Waals surface area contributed by atoms with E-state index in [0.29, 0.717) is 32.4 Å². The minimum atomic E-state index is -3.83. The molecule has 22 heavy (non-hydrogen) atoms. The molecule has 0 aliphatic carbocycles. The Labute approximate surface area is 132 Å². The van der Waals surface area contributed by atoms with Crippen LogP contribution in [0.2, 0.25) is 0 Å². The van der Waals surface area contributed by atoms with Crippen LogP contribution in [-0.4, -0.2) is 50.3 Å². The van der Waals surface area contributed by atoms with Gasteiger partial charge in [0.15, 0.2) is 0 Å². The Balaban J connectivity index is 2.72. The van der Waals surface area contributed by atoms with Crippen molar-refractivity contribution in [2.45, 2.75) is 52.6 Å². The monoisotopic (exact) mass is 335 g/mol. The topological polar surface area (TPSA) is 90.0 Å². The molecule has 1 saturated heterocycles. The number of carbonyl (C=O) groups excluding carboxylic acids is 2. The van der Waals surface area contributed by atoms with E-state index in [2.05, 4.69) is 4.18 Å². The summed E-state index contributed by atoms with van der Waals surface area (Å²) >= 11 is 0. The lowest BCUT2D eigenvalue weighted by Crippen LogP contribution is -2.48. The fourth-order valence-corrected chi connectivity index (χ4v) is 2.82. The molecule has 1 heterocycles. The number of hydrogen-bond acceptors (Lipinski definition) is 6. The summed E-state index contributed by atoms with van der Waals surface area (Å²) in [5.74, 6) is -0.735. The molecule has 0 aromatic carbocycles. The highest BCUT2D eigenvalue weighted by Crippen LogP contribution is 2.37. The third kappa shape index (κ3) is 5.15. The molecule has 7 nitrogen and oxygen atoms in total. The first-order valence-electron chi connectivity index (χ1n) is 7.30. The average Bonchev–Trinajstić information content (AvgIpc) is 2.34. The van der Waals surface area contributed by atoms with Gasteiger partial charge >= 0.3 is 22.2 Å². The van der Waals surface area contributed by atoms with Gasteiger partial charge < -0.3 is 13.8 Å². The van der Waals surface area contributed by atoms with Crippen LogP contribution >= 0.6 is 0 Å². The Morgan fingerprint density at radius 1 is 1.18 bits per heavy atom. The van der Waals surface area contributed by atoms with Crippen LogP contribution in [0.25, 0.3) is 0 Å². The molecule has 0 aromatic rings. The highest BCUT2D eigenvalue weighted by molar-refractivity contribution is 7.86. The number of carbonyl (C=O) groups is 2. The number of rotatable bonds is 3. The van der Waals surface area contributed by atoms with Gasteiger partial charge in [0.1, 0.15) is 5.60 Å². The molecule has 0 atom stereocenters. The average molecular weight is 335 g/mol. The number of nitrogens with zero attached hydrogens (tertiary/aromatic N) is 1. The molecular formula is C14H25NO6S. The van der Waals surface area contributed by atoms with E-state index in [9.17, 15) is 18.0 Å². The molecule has 0 unspecified atom stereocenters. The third-order valence-electron chi connectivity index (χ3n) is 3.71. The molecule has 8 heteroatoms. The predicted octanol–water partition coefficient (Wildman–Crippen LogP) is 1.92. The number of amides is 1. The Kier molecular flexibility index (Phi) is 5.48. The van der Waals surface area contributed by atoms with E-state index in [4.69, 9.17) is 4.74 Å². The van der Waals surface area contributed by atoms with Crippen molar-refractivity contribution in [1.82, 2.24) is 4.90 Å². The van der Waals surface area contributed by atoms with Crippen molar-refractivity contribution in [3.63, 3.8) is 0 Å². The van der Waals surface area contributed by atoms with Crippen molar-refractivity contribution in [3.8, 4) is 0 Å². The Morgan fingerprint density at radius 3 is 2.05 bits per heavy atom. The minimum absolute atomic E-state index is 0.335. The van der Waals surface area contributed by atoms with Crippen LogP contribution in [0.5, 0.6) is 0 Å². The van der Waals surface area contributed by atoms with Crippen LogP contribution in [0.1, 0.15) is 47.0 Å². The second-order valence-corrected chi connectivity index (χ2v) is 8.25. The first-order chi connectivity index (χ1) is 9.88. The molecule has 1 aliphatic heterocycles. The van der Waals surface area contributed by atoms with Crippen LogP contribution in [0, 0.1) is 5.41 Å². The molecule has 1 rings (SSSR count). The summed E-state index contributed by atoms with van der Waals surface area (Å²) in [7, 11) is -3.83. The van der Waals surface area contributed by atoms with Gasteiger partial charge in [0, 0.05) is 13.1 Å². The summed E-state index contributed by atoms with van der Waals surface area (Å²) in [6, 6.07) is 0. The van der Waals surface area contributed by atoms with Crippen molar-refractivity contribution in [3.05, 3.63) is 0 Å². The van der Waals surface area contributed by atoms with Gasteiger partial charge in [-0.25, -0.2) is 4.79 Å². The summed E-state index contributed by atoms with van der Waals surface area (Å²) in [6.45, 7) is 7.84. The number of ether oxygens (including phenoxy) is 1. The van der Waals surface area contributed by atoms with E-state index in [1.807, 2.05) is 6.92 Å². The normalized spacial score (nSPS) is 18.7. The lowest BCUT2D eigenvalue weighted by atomic mass is 9.76. The summed E-state index contributed by atoms with van der Waals surface area (Å²) in [4.78, 5) is 25.7. The molecule has 128 valence electrons. The van der Waals surface area contributed by atoms with Crippen LogP contribution in [-0.2, 0) is 23.8 Å². The molecule has 0 bridgehead atoms. The van der Waals surface area contributed by atoms with Gasteiger partial charge in [-0.05, 0) is 40.0 Å². The minimum Gasteiger partial charge on any atom is -0.444 e. The van der Waals surface area contributed by atoms with Gasteiger partial charge in [-0.1, -0.05) is 6.92 Å². The number of likely N-dealkylation sites (tertiary alicyclic amines) is 1. The molecule has 0 aromatic heterocycles. The second-order valence-electron chi connectivity index (χ2n) is 6.68. The Bertz CT molecular complexity index is 526. The van der Waals surface area contributed by atoms with Gasteiger partial charge in [0.05, 0.1) is 11.7 Å². The zero-order chi connectivity index (χ0) is 17.2. The van der Waals surface area contributed by atoms with E-state index in [1.54, 1.807) is 20.8 Å². The van der Waals surface area contributed by atoms with Crippen molar-refractivity contribution in [2.75, 3.05) is 19.3 Å². The van der Waals surface area contributed by atoms with Gasteiger partial charge in [-0.2, -0.15) is 8.42 Å². The van der Waals surface area contributed by atoms with E-state index < -0.39 is 33.2 Å². The van der Waals surface area contributed by atoms with Crippen molar-refractivity contribution >= 4 is 22.2 Å². The van der Waals surface area contributed by atoms with Crippen LogP contribution < -0.4 is 0 Å². The third-order valence-corrected chi connectivity index (χ3v) is 4.16. The summed E-state index contributed by atoms with van der Waals surface area (Å²) in [6.07, 6.45) is 1.61. The standard InChI is InChI=1S/C14H25NO6S/c1-6-14(11(16)21-22(5,18)19)7-9-15(10-8-14)12(17)20-13(2,3)4/h6-10H2,1-5H3. The number of hydrogen-bond donors (Lipinski definition) is 0. The van der Waals surface area contributed by atoms with Crippen molar-refractivity contribution in [2.24, 2.45) is 5.41 Å². The molecule has 0 saturated carbocycles. The summed E-state index contributed by atoms with van der Waals surface area (Å²) < 4.78 is 32.1. The largest absolute Gasteiger partial charge is 0.444 e. The Hall–Kier alpha value is -1.31. The first-order valence-corrected chi connectivity index (χ1v) is 9.12. The van der Waals surface area contributed by atoms with Gasteiger partial charge in [-0.3, -0.25) is 4.79 Å². The summed E-state index contributed by atoms with van der Waals surface area (Å²) in [5.41, 5.74) is -1.44. The summed E-state index contributed by atoms with van der Waals surface area (Å²) in [5, 5.41) is 0. The molecule has 1 aliphatic rings. The van der Waals surface area contributed by atoms with Crippen LogP contribution in [0.4, 0.5) is 4.79 Å². The molecule has 0 radical (unpaired) electrons. The maximum Gasteiger partial charge on any atom is 0.410 e.